The normalized spacial score (nSPS) is 12.7. The van der Waals surface area contributed by atoms with Crippen LogP contribution >= 0.6 is 0 Å². The van der Waals surface area contributed by atoms with Crippen molar-refractivity contribution in [1.29, 1.82) is 0 Å². The SMILES string of the molecule is CCn1nc(C)c(N)c1C(=O)NC(C)CCCC(C)C. The van der Waals surface area contributed by atoms with Gasteiger partial charge in [-0.05, 0) is 33.1 Å². The second kappa shape index (κ2) is 7.31. The monoisotopic (exact) mass is 280 g/mol. The van der Waals surface area contributed by atoms with Crippen molar-refractivity contribution >= 4 is 11.6 Å². The van der Waals surface area contributed by atoms with Gasteiger partial charge in [-0.1, -0.05) is 26.7 Å². The molecule has 1 amide bonds. The number of carbonyl (C=O) groups excluding carboxylic acids is 1. The predicted molar refractivity (Wildman–Crippen MR) is 82.7 cm³/mol. The molecular weight excluding hydrogens is 252 g/mol. The molecule has 0 bridgehead atoms. The van der Waals surface area contributed by atoms with Crippen LogP contribution < -0.4 is 11.1 Å². The molecule has 0 radical (unpaired) electrons. The predicted octanol–water partition coefficient (Wildman–Crippen LogP) is 2.74. The maximum atomic E-state index is 12.3. The Morgan fingerprint density at radius 3 is 2.55 bits per heavy atom. The highest BCUT2D eigenvalue weighted by atomic mass is 16.2. The van der Waals surface area contributed by atoms with Crippen LogP contribution in [-0.4, -0.2) is 21.7 Å². The molecule has 1 heterocycles. The van der Waals surface area contributed by atoms with Gasteiger partial charge in [0.25, 0.3) is 5.91 Å². The Kier molecular flexibility index (Phi) is 6.05. The minimum atomic E-state index is -0.123. The molecule has 0 spiro atoms. The van der Waals surface area contributed by atoms with E-state index in [2.05, 4.69) is 24.3 Å². The lowest BCUT2D eigenvalue weighted by Gasteiger charge is -2.15. The van der Waals surface area contributed by atoms with E-state index in [-0.39, 0.29) is 11.9 Å². The van der Waals surface area contributed by atoms with E-state index in [1.54, 1.807) is 4.68 Å². The molecule has 0 saturated carbocycles. The van der Waals surface area contributed by atoms with Crippen molar-refractivity contribution < 1.29 is 4.79 Å². The topological polar surface area (TPSA) is 72.9 Å². The molecule has 0 aliphatic carbocycles. The molecule has 1 unspecified atom stereocenters. The van der Waals surface area contributed by atoms with Crippen LogP contribution in [0.1, 0.15) is 63.1 Å². The summed E-state index contributed by atoms with van der Waals surface area (Å²) in [6.45, 7) is 10.9. The second-order valence-electron chi connectivity index (χ2n) is 5.86. The molecule has 0 fully saturated rings. The van der Waals surface area contributed by atoms with Gasteiger partial charge in [0, 0.05) is 12.6 Å². The molecule has 1 rings (SSSR count). The Balaban J connectivity index is 2.62. The van der Waals surface area contributed by atoms with Crippen LogP contribution in [0.4, 0.5) is 5.69 Å². The van der Waals surface area contributed by atoms with Crippen molar-refractivity contribution in [3.8, 4) is 0 Å². The average molecular weight is 280 g/mol. The van der Waals surface area contributed by atoms with Gasteiger partial charge in [0.05, 0.1) is 11.4 Å². The molecule has 5 heteroatoms. The van der Waals surface area contributed by atoms with E-state index < -0.39 is 0 Å². The first-order valence-electron chi connectivity index (χ1n) is 7.50. The fraction of sp³-hybridized carbons (Fsp3) is 0.733. The van der Waals surface area contributed by atoms with Crippen LogP contribution in [0, 0.1) is 12.8 Å². The maximum absolute atomic E-state index is 12.3. The molecule has 0 saturated heterocycles. The highest BCUT2D eigenvalue weighted by molar-refractivity contribution is 5.98. The van der Waals surface area contributed by atoms with Crippen molar-refractivity contribution in [3.63, 3.8) is 0 Å². The standard InChI is InChI=1S/C15H28N4O/c1-6-19-14(13(16)12(5)18-19)15(20)17-11(4)9-7-8-10(2)3/h10-11H,6-9,16H2,1-5H3,(H,17,20). The van der Waals surface area contributed by atoms with E-state index in [0.717, 1.165) is 12.8 Å². The minimum Gasteiger partial charge on any atom is -0.395 e. The summed E-state index contributed by atoms with van der Waals surface area (Å²) < 4.78 is 1.67. The zero-order valence-electron chi connectivity index (χ0n) is 13.4. The first-order valence-corrected chi connectivity index (χ1v) is 7.50. The Morgan fingerprint density at radius 2 is 2.00 bits per heavy atom. The fourth-order valence-electron chi connectivity index (χ4n) is 2.26. The molecule has 0 aliphatic heterocycles. The molecule has 0 aliphatic rings. The smallest absolute Gasteiger partial charge is 0.271 e. The number of anilines is 1. The number of aromatic nitrogens is 2. The lowest BCUT2D eigenvalue weighted by molar-refractivity contribution is 0.0928. The summed E-state index contributed by atoms with van der Waals surface area (Å²) in [6, 6.07) is 0.154. The van der Waals surface area contributed by atoms with Gasteiger partial charge in [0.1, 0.15) is 5.69 Å². The summed E-state index contributed by atoms with van der Waals surface area (Å²) in [6.07, 6.45) is 3.30. The first kappa shape index (κ1) is 16.5. The Morgan fingerprint density at radius 1 is 1.35 bits per heavy atom. The van der Waals surface area contributed by atoms with Crippen molar-refractivity contribution in [2.45, 2.75) is 66.5 Å². The van der Waals surface area contributed by atoms with Crippen LogP contribution in [0.3, 0.4) is 0 Å². The maximum Gasteiger partial charge on any atom is 0.271 e. The molecular formula is C15H28N4O. The number of nitrogens with two attached hydrogens (primary N) is 1. The number of hydrogen-bond donors (Lipinski definition) is 2. The van der Waals surface area contributed by atoms with Gasteiger partial charge in [0.15, 0.2) is 0 Å². The van der Waals surface area contributed by atoms with Crippen molar-refractivity contribution in [2.24, 2.45) is 5.92 Å². The molecule has 114 valence electrons. The van der Waals surface area contributed by atoms with Gasteiger partial charge in [0.2, 0.25) is 0 Å². The minimum absolute atomic E-state index is 0.123. The van der Waals surface area contributed by atoms with E-state index in [9.17, 15) is 4.79 Å². The highest BCUT2D eigenvalue weighted by Gasteiger charge is 2.20. The van der Waals surface area contributed by atoms with Gasteiger partial charge < -0.3 is 11.1 Å². The zero-order chi connectivity index (χ0) is 15.3. The third-order valence-corrected chi connectivity index (χ3v) is 3.48. The van der Waals surface area contributed by atoms with E-state index in [1.165, 1.54) is 6.42 Å². The largest absolute Gasteiger partial charge is 0.395 e. The number of nitrogen functional groups attached to an aromatic ring is 1. The number of hydrogen-bond acceptors (Lipinski definition) is 3. The Labute approximate surface area is 121 Å². The number of amides is 1. The van der Waals surface area contributed by atoms with E-state index in [1.807, 2.05) is 20.8 Å². The number of aryl methyl sites for hydroxylation is 2. The lowest BCUT2D eigenvalue weighted by Crippen LogP contribution is -2.34. The molecule has 1 atom stereocenters. The lowest BCUT2D eigenvalue weighted by atomic mass is 10.0. The number of carbonyl (C=O) groups is 1. The van der Waals surface area contributed by atoms with Gasteiger partial charge in [-0.15, -0.1) is 0 Å². The average Bonchev–Trinajstić information content (AvgIpc) is 2.64. The van der Waals surface area contributed by atoms with Gasteiger partial charge in [-0.25, -0.2) is 0 Å². The van der Waals surface area contributed by atoms with Crippen LogP contribution in [0.25, 0.3) is 0 Å². The highest BCUT2D eigenvalue weighted by Crippen LogP contribution is 2.17. The number of nitrogens with one attached hydrogen (secondary N) is 1. The first-order chi connectivity index (χ1) is 9.36. The molecule has 1 aromatic rings. The quantitative estimate of drug-likeness (QED) is 0.806. The summed E-state index contributed by atoms with van der Waals surface area (Å²) in [5, 5.41) is 7.29. The zero-order valence-corrected chi connectivity index (χ0v) is 13.4. The van der Waals surface area contributed by atoms with Crippen LogP contribution in [0.5, 0.6) is 0 Å². The van der Waals surface area contributed by atoms with Crippen LogP contribution in [-0.2, 0) is 6.54 Å². The third kappa shape index (κ3) is 4.25. The fourth-order valence-corrected chi connectivity index (χ4v) is 2.26. The molecule has 5 nitrogen and oxygen atoms in total. The van der Waals surface area contributed by atoms with Crippen molar-refractivity contribution in [1.82, 2.24) is 15.1 Å². The van der Waals surface area contributed by atoms with Gasteiger partial charge in [-0.3, -0.25) is 9.48 Å². The molecule has 1 aromatic heterocycles. The number of rotatable bonds is 7. The summed E-state index contributed by atoms with van der Waals surface area (Å²) >= 11 is 0. The van der Waals surface area contributed by atoms with E-state index >= 15 is 0 Å². The van der Waals surface area contributed by atoms with E-state index in [0.29, 0.717) is 29.5 Å². The summed E-state index contributed by atoms with van der Waals surface area (Å²) in [5.41, 5.74) is 7.64. The molecule has 3 N–H and O–H groups in total. The molecule has 20 heavy (non-hydrogen) atoms. The summed E-state index contributed by atoms with van der Waals surface area (Å²) in [5.74, 6) is 0.583. The summed E-state index contributed by atoms with van der Waals surface area (Å²) in [4.78, 5) is 12.3. The molecule has 0 aromatic carbocycles. The van der Waals surface area contributed by atoms with Gasteiger partial charge in [-0.2, -0.15) is 5.10 Å². The second-order valence-corrected chi connectivity index (χ2v) is 5.86. The van der Waals surface area contributed by atoms with Gasteiger partial charge >= 0.3 is 0 Å². The third-order valence-electron chi connectivity index (χ3n) is 3.48. The van der Waals surface area contributed by atoms with Crippen LogP contribution in [0.2, 0.25) is 0 Å². The van der Waals surface area contributed by atoms with E-state index in [4.69, 9.17) is 5.73 Å². The summed E-state index contributed by atoms with van der Waals surface area (Å²) in [7, 11) is 0. The Bertz CT molecular complexity index is 451. The number of nitrogens with zero attached hydrogens (tertiary/aromatic N) is 2. The van der Waals surface area contributed by atoms with Crippen molar-refractivity contribution in [2.75, 3.05) is 5.73 Å². The van der Waals surface area contributed by atoms with Crippen LogP contribution in [0.15, 0.2) is 0 Å². The Hall–Kier alpha value is -1.52. The van der Waals surface area contributed by atoms with Crippen molar-refractivity contribution in [3.05, 3.63) is 11.4 Å².